The molecule has 3 aromatic rings. The fourth-order valence-corrected chi connectivity index (χ4v) is 2.06. The second kappa shape index (κ2) is 4.31. The van der Waals surface area contributed by atoms with E-state index in [2.05, 4.69) is 23.2 Å². The van der Waals surface area contributed by atoms with E-state index in [1.54, 1.807) is 6.20 Å². The summed E-state index contributed by atoms with van der Waals surface area (Å²) in [5.74, 6) is 0. The Morgan fingerprint density at radius 3 is 2.89 bits per heavy atom. The molecule has 2 aromatic carbocycles. The third-order valence-electron chi connectivity index (χ3n) is 2.89. The molecule has 1 aromatic heterocycles. The van der Waals surface area contributed by atoms with Gasteiger partial charge in [-0.25, -0.2) is 4.98 Å². The zero-order chi connectivity index (χ0) is 12.4. The van der Waals surface area contributed by atoms with Crippen LogP contribution in [0.4, 0.5) is 0 Å². The van der Waals surface area contributed by atoms with Crippen molar-refractivity contribution in [3.8, 4) is 17.2 Å². The molecule has 0 N–H and O–H groups in total. The monoisotopic (exact) mass is 229 g/mol. The van der Waals surface area contributed by atoms with Gasteiger partial charge in [-0.1, -0.05) is 36.4 Å². The second-order valence-electron chi connectivity index (χ2n) is 3.98. The Bertz CT molecular complexity index is 749. The highest BCUT2D eigenvalue weighted by molar-refractivity contribution is 5.96. The lowest BCUT2D eigenvalue weighted by molar-refractivity contribution is 1.27. The molecule has 83 valence electrons. The minimum absolute atomic E-state index is 0.435. The van der Waals surface area contributed by atoms with Crippen molar-refractivity contribution in [1.29, 1.82) is 5.26 Å². The molecule has 0 spiro atoms. The lowest BCUT2D eigenvalue weighted by Gasteiger charge is -2.06. The highest BCUT2D eigenvalue weighted by Gasteiger charge is 2.04. The quantitative estimate of drug-likeness (QED) is 0.639. The summed E-state index contributed by atoms with van der Waals surface area (Å²) in [5.41, 5.74) is 2.54. The third kappa shape index (κ3) is 1.72. The molecule has 0 unspecified atom stereocenters. The van der Waals surface area contributed by atoms with Crippen LogP contribution in [0, 0.1) is 17.4 Å². The van der Waals surface area contributed by atoms with Gasteiger partial charge < -0.3 is 0 Å². The van der Waals surface area contributed by atoms with Gasteiger partial charge >= 0.3 is 0 Å². The number of nitriles is 1. The van der Waals surface area contributed by atoms with Crippen molar-refractivity contribution in [2.45, 2.75) is 0 Å². The van der Waals surface area contributed by atoms with Crippen molar-refractivity contribution >= 4 is 10.8 Å². The number of rotatable bonds is 1. The van der Waals surface area contributed by atoms with E-state index in [1.807, 2.05) is 42.5 Å². The first-order chi connectivity index (χ1) is 8.88. The van der Waals surface area contributed by atoms with Crippen LogP contribution in [-0.2, 0) is 0 Å². The predicted molar refractivity (Wildman–Crippen MR) is 70.7 cm³/mol. The fraction of sp³-hybridized carbons (Fsp3) is 0. The fourth-order valence-electron chi connectivity index (χ4n) is 2.06. The van der Waals surface area contributed by atoms with Crippen molar-refractivity contribution in [2.24, 2.45) is 0 Å². The maximum absolute atomic E-state index is 8.90. The van der Waals surface area contributed by atoms with Crippen molar-refractivity contribution in [3.63, 3.8) is 0 Å². The van der Waals surface area contributed by atoms with Gasteiger partial charge in [0.1, 0.15) is 11.8 Å². The molecule has 0 aliphatic heterocycles. The van der Waals surface area contributed by atoms with E-state index in [1.165, 1.54) is 0 Å². The second-order valence-corrected chi connectivity index (χ2v) is 3.98. The first kappa shape index (κ1) is 10.5. The summed E-state index contributed by atoms with van der Waals surface area (Å²) in [6.07, 6.45) is 1.67. The van der Waals surface area contributed by atoms with E-state index < -0.39 is 0 Å². The molecule has 1 radical (unpaired) electrons. The van der Waals surface area contributed by atoms with Crippen LogP contribution in [0.3, 0.4) is 0 Å². The molecule has 0 aliphatic rings. The predicted octanol–water partition coefficient (Wildman–Crippen LogP) is 3.57. The van der Waals surface area contributed by atoms with Gasteiger partial charge in [-0.05, 0) is 40.1 Å². The van der Waals surface area contributed by atoms with Gasteiger partial charge in [0.15, 0.2) is 0 Å². The van der Waals surface area contributed by atoms with Crippen molar-refractivity contribution in [2.75, 3.05) is 0 Å². The van der Waals surface area contributed by atoms with Gasteiger partial charge in [-0.2, -0.15) is 5.26 Å². The standard InChI is InChI=1S/C16H9N2/c17-11-14-10-13(8-9-18-14)16-7-3-5-12-4-1-2-6-15(12)16/h1-4,6-10H. The summed E-state index contributed by atoms with van der Waals surface area (Å²) in [6, 6.07) is 21.0. The van der Waals surface area contributed by atoms with Crippen LogP contribution in [0.25, 0.3) is 21.9 Å². The Morgan fingerprint density at radius 1 is 1.11 bits per heavy atom. The van der Waals surface area contributed by atoms with Gasteiger partial charge in [-0.15, -0.1) is 0 Å². The van der Waals surface area contributed by atoms with Crippen LogP contribution < -0.4 is 0 Å². The molecule has 0 fully saturated rings. The number of benzene rings is 2. The molecule has 2 heteroatoms. The summed E-state index contributed by atoms with van der Waals surface area (Å²) >= 11 is 0. The molecule has 0 bridgehead atoms. The molecule has 0 aliphatic carbocycles. The Hall–Kier alpha value is -2.66. The summed E-state index contributed by atoms with van der Waals surface area (Å²) in [4.78, 5) is 3.99. The molecule has 2 nitrogen and oxygen atoms in total. The van der Waals surface area contributed by atoms with Crippen LogP contribution in [0.2, 0.25) is 0 Å². The van der Waals surface area contributed by atoms with Crippen LogP contribution in [0.1, 0.15) is 5.69 Å². The normalized spacial score (nSPS) is 10.2. The van der Waals surface area contributed by atoms with Crippen molar-refractivity contribution in [1.82, 2.24) is 4.98 Å². The van der Waals surface area contributed by atoms with E-state index in [4.69, 9.17) is 5.26 Å². The molecule has 1 heterocycles. The molecule has 18 heavy (non-hydrogen) atoms. The molecule has 0 atom stereocenters. The maximum Gasteiger partial charge on any atom is 0.141 e. The van der Waals surface area contributed by atoms with Gasteiger partial charge in [-0.3, -0.25) is 0 Å². The number of pyridine rings is 1. The van der Waals surface area contributed by atoms with Crippen LogP contribution in [0.15, 0.2) is 54.7 Å². The Kier molecular flexibility index (Phi) is 2.51. The van der Waals surface area contributed by atoms with Crippen LogP contribution in [0.5, 0.6) is 0 Å². The van der Waals surface area contributed by atoms with E-state index in [9.17, 15) is 0 Å². The van der Waals surface area contributed by atoms with Crippen molar-refractivity contribution < 1.29 is 0 Å². The Balaban J connectivity index is 2.28. The van der Waals surface area contributed by atoms with E-state index in [0.717, 1.165) is 21.9 Å². The van der Waals surface area contributed by atoms with Crippen LogP contribution in [-0.4, -0.2) is 4.98 Å². The number of hydrogen-bond acceptors (Lipinski definition) is 2. The van der Waals surface area contributed by atoms with E-state index >= 15 is 0 Å². The number of nitrogens with zero attached hydrogens (tertiary/aromatic N) is 2. The third-order valence-corrected chi connectivity index (χ3v) is 2.89. The smallest absolute Gasteiger partial charge is 0.141 e. The topological polar surface area (TPSA) is 36.7 Å². The summed E-state index contributed by atoms with van der Waals surface area (Å²) in [6.45, 7) is 0. The molecule has 0 saturated carbocycles. The minimum Gasteiger partial charge on any atom is -0.246 e. The SMILES string of the molecule is N#Cc1cc(-c2cc[c]c3ccccc23)ccn1. The van der Waals surface area contributed by atoms with E-state index in [0.29, 0.717) is 5.69 Å². The Morgan fingerprint density at radius 2 is 2.00 bits per heavy atom. The largest absolute Gasteiger partial charge is 0.246 e. The van der Waals surface area contributed by atoms with E-state index in [-0.39, 0.29) is 0 Å². The highest BCUT2D eigenvalue weighted by Crippen LogP contribution is 2.28. The lowest BCUT2D eigenvalue weighted by atomic mass is 9.99. The van der Waals surface area contributed by atoms with Gasteiger partial charge in [0.25, 0.3) is 0 Å². The number of hydrogen-bond donors (Lipinski definition) is 0. The molecule has 3 rings (SSSR count). The highest BCUT2D eigenvalue weighted by atomic mass is 14.7. The maximum atomic E-state index is 8.90. The first-order valence-electron chi connectivity index (χ1n) is 5.64. The van der Waals surface area contributed by atoms with Gasteiger partial charge in [0.2, 0.25) is 0 Å². The lowest BCUT2D eigenvalue weighted by Crippen LogP contribution is -1.85. The molecule has 0 amide bonds. The zero-order valence-electron chi connectivity index (χ0n) is 9.59. The zero-order valence-corrected chi connectivity index (χ0v) is 9.59. The molecular weight excluding hydrogens is 220 g/mol. The molecular formula is C16H9N2. The summed E-state index contributed by atoms with van der Waals surface area (Å²) in [7, 11) is 0. The number of aromatic nitrogens is 1. The minimum atomic E-state index is 0.435. The van der Waals surface area contributed by atoms with Crippen LogP contribution >= 0.6 is 0 Å². The summed E-state index contributed by atoms with van der Waals surface area (Å²) < 4.78 is 0. The summed E-state index contributed by atoms with van der Waals surface area (Å²) in [5, 5.41) is 11.1. The first-order valence-corrected chi connectivity index (χ1v) is 5.64. The average molecular weight is 229 g/mol. The average Bonchev–Trinajstić information content (AvgIpc) is 2.47. The van der Waals surface area contributed by atoms with Gasteiger partial charge in [0.05, 0.1) is 0 Å². The van der Waals surface area contributed by atoms with Gasteiger partial charge in [0, 0.05) is 6.20 Å². The number of fused-ring (bicyclic) bond motifs is 1. The van der Waals surface area contributed by atoms with Crippen molar-refractivity contribution in [3.05, 3.63) is 66.5 Å². The molecule has 0 saturated heterocycles. The Labute approximate surface area is 105 Å².